The van der Waals surface area contributed by atoms with Gasteiger partial charge in [0.15, 0.2) is 18.1 Å². The Balaban J connectivity index is 1.52. The van der Waals surface area contributed by atoms with Crippen LogP contribution < -0.4 is 14.8 Å². The van der Waals surface area contributed by atoms with E-state index in [2.05, 4.69) is 5.32 Å². The number of para-hydroxylation sites is 1. The van der Waals surface area contributed by atoms with Gasteiger partial charge in [-0.1, -0.05) is 36.4 Å². The zero-order chi connectivity index (χ0) is 23.5. The third-order valence-electron chi connectivity index (χ3n) is 4.52. The van der Waals surface area contributed by atoms with E-state index in [0.717, 1.165) is 5.56 Å². The third kappa shape index (κ3) is 6.97. The predicted octanol–water partition coefficient (Wildman–Crippen LogP) is 4.61. The molecule has 1 amide bonds. The fourth-order valence-corrected chi connectivity index (χ4v) is 2.86. The molecule has 3 rings (SSSR count). The van der Waals surface area contributed by atoms with Crippen LogP contribution in [0.15, 0.2) is 78.9 Å². The first kappa shape index (κ1) is 23.1. The second-order valence-corrected chi connectivity index (χ2v) is 6.82. The van der Waals surface area contributed by atoms with E-state index in [1.54, 1.807) is 48.5 Å². The molecule has 0 atom stereocenters. The van der Waals surface area contributed by atoms with Crippen molar-refractivity contribution in [3.8, 4) is 17.6 Å². The Kier molecular flexibility index (Phi) is 8.21. The van der Waals surface area contributed by atoms with Crippen molar-refractivity contribution in [3.05, 3.63) is 95.6 Å². The number of amides is 1. The molecular weight excluding hydrogens is 420 g/mol. The molecule has 0 aliphatic rings. The topological polar surface area (TPSA) is 97.7 Å². The number of rotatable bonds is 9. The normalized spacial score (nSPS) is 10.3. The smallest absolute Gasteiger partial charge is 0.331 e. The average Bonchev–Trinajstić information content (AvgIpc) is 2.86. The molecule has 0 bridgehead atoms. The van der Waals surface area contributed by atoms with E-state index in [4.69, 9.17) is 19.5 Å². The maximum absolute atomic E-state index is 12.3. The summed E-state index contributed by atoms with van der Waals surface area (Å²) in [5, 5.41) is 11.4. The molecule has 3 aromatic carbocycles. The number of hydrogen-bond acceptors (Lipinski definition) is 6. The highest BCUT2D eigenvalue weighted by molar-refractivity contribution is 6.04. The van der Waals surface area contributed by atoms with Gasteiger partial charge in [0, 0.05) is 17.3 Å². The molecule has 0 radical (unpaired) electrons. The number of nitrogens with zero attached hydrogens (tertiary/aromatic N) is 1. The Morgan fingerprint density at radius 1 is 1.00 bits per heavy atom. The van der Waals surface area contributed by atoms with E-state index >= 15 is 0 Å². The molecule has 0 aromatic heterocycles. The summed E-state index contributed by atoms with van der Waals surface area (Å²) in [5.41, 5.74) is 2.69. The lowest BCUT2D eigenvalue weighted by atomic mass is 10.1. The van der Waals surface area contributed by atoms with Gasteiger partial charge in [0.2, 0.25) is 0 Å². The van der Waals surface area contributed by atoms with Crippen molar-refractivity contribution in [2.45, 2.75) is 6.61 Å². The Morgan fingerprint density at radius 3 is 2.45 bits per heavy atom. The van der Waals surface area contributed by atoms with Crippen LogP contribution >= 0.6 is 0 Å². The quantitative estimate of drug-likeness (QED) is 0.384. The van der Waals surface area contributed by atoms with Crippen molar-refractivity contribution < 1.29 is 23.8 Å². The number of carbonyl (C=O) groups is 2. The zero-order valence-electron chi connectivity index (χ0n) is 18.0. The highest BCUT2D eigenvalue weighted by atomic mass is 16.5. The lowest BCUT2D eigenvalue weighted by Crippen LogP contribution is -2.11. The van der Waals surface area contributed by atoms with Crippen LogP contribution in [-0.4, -0.2) is 25.6 Å². The Labute approximate surface area is 191 Å². The summed E-state index contributed by atoms with van der Waals surface area (Å²) in [5.74, 6) is 0.175. The molecule has 166 valence electrons. The second kappa shape index (κ2) is 11.7. The fraction of sp³-hybridized carbons (Fsp3) is 0.115. The number of carbonyl (C=O) groups excluding carboxylic acids is 2. The van der Waals surface area contributed by atoms with Crippen LogP contribution in [0.25, 0.3) is 6.08 Å². The molecule has 0 heterocycles. The van der Waals surface area contributed by atoms with Crippen LogP contribution in [-0.2, 0) is 16.1 Å². The van der Waals surface area contributed by atoms with E-state index in [0.29, 0.717) is 28.3 Å². The molecule has 0 spiro atoms. The van der Waals surface area contributed by atoms with E-state index in [1.807, 2.05) is 36.4 Å². The lowest BCUT2D eigenvalue weighted by molar-refractivity contribution is -0.138. The minimum absolute atomic E-state index is 0.0774. The SMILES string of the molecule is COc1cc(/C=C/C(=O)OCc2ccc(C(=O)Nc3ccccc3)cc2)ccc1OCC#N. The van der Waals surface area contributed by atoms with Crippen LogP contribution in [0.4, 0.5) is 5.69 Å². The van der Waals surface area contributed by atoms with Gasteiger partial charge in [-0.2, -0.15) is 5.26 Å². The number of nitriles is 1. The highest BCUT2D eigenvalue weighted by Gasteiger charge is 2.07. The fourth-order valence-electron chi connectivity index (χ4n) is 2.86. The minimum atomic E-state index is -0.510. The molecule has 0 saturated heterocycles. The van der Waals surface area contributed by atoms with Gasteiger partial charge in [-0.3, -0.25) is 4.79 Å². The maximum Gasteiger partial charge on any atom is 0.331 e. The maximum atomic E-state index is 12.3. The zero-order valence-corrected chi connectivity index (χ0v) is 18.0. The van der Waals surface area contributed by atoms with E-state index in [-0.39, 0.29) is 19.1 Å². The van der Waals surface area contributed by atoms with Gasteiger partial charge in [-0.25, -0.2) is 4.79 Å². The second-order valence-electron chi connectivity index (χ2n) is 6.82. The number of methoxy groups -OCH3 is 1. The first-order valence-electron chi connectivity index (χ1n) is 10.1. The number of esters is 1. The standard InChI is InChI=1S/C26H22N2O5/c1-31-24-17-19(9-13-23(24)32-16-15-27)10-14-25(29)33-18-20-7-11-21(12-8-20)26(30)28-22-5-3-2-4-6-22/h2-14,17H,16,18H2,1H3,(H,28,30)/b14-10+. The van der Waals surface area contributed by atoms with Crippen LogP contribution in [0.2, 0.25) is 0 Å². The average molecular weight is 442 g/mol. The van der Waals surface area contributed by atoms with Gasteiger partial charge < -0.3 is 19.5 Å². The van der Waals surface area contributed by atoms with Gasteiger partial charge >= 0.3 is 5.97 Å². The minimum Gasteiger partial charge on any atom is -0.493 e. The van der Waals surface area contributed by atoms with Gasteiger partial charge in [-0.05, 0) is 53.6 Å². The van der Waals surface area contributed by atoms with E-state index < -0.39 is 5.97 Å². The first-order valence-corrected chi connectivity index (χ1v) is 10.1. The van der Waals surface area contributed by atoms with E-state index in [9.17, 15) is 9.59 Å². The summed E-state index contributed by atoms with van der Waals surface area (Å²) in [6.45, 7) is -0.00936. The molecule has 0 unspecified atom stereocenters. The van der Waals surface area contributed by atoms with E-state index in [1.165, 1.54) is 13.2 Å². The Morgan fingerprint density at radius 2 is 1.76 bits per heavy atom. The van der Waals surface area contributed by atoms with Gasteiger partial charge in [0.1, 0.15) is 12.7 Å². The molecule has 0 saturated carbocycles. The van der Waals surface area contributed by atoms with Crippen LogP contribution in [0.5, 0.6) is 11.5 Å². The molecule has 0 aliphatic heterocycles. The molecule has 7 nitrogen and oxygen atoms in total. The van der Waals surface area contributed by atoms with Crippen LogP contribution in [0.3, 0.4) is 0 Å². The van der Waals surface area contributed by atoms with Gasteiger partial charge in [0.05, 0.1) is 7.11 Å². The summed E-state index contributed by atoms with van der Waals surface area (Å²) in [6, 6.07) is 23.0. The summed E-state index contributed by atoms with van der Waals surface area (Å²) in [4.78, 5) is 24.4. The van der Waals surface area contributed by atoms with Gasteiger partial charge in [0.25, 0.3) is 5.91 Å². The number of anilines is 1. The summed E-state index contributed by atoms with van der Waals surface area (Å²) < 4.78 is 15.8. The van der Waals surface area contributed by atoms with Crippen molar-refractivity contribution in [2.75, 3.05) is 19.0 Å². The van der Waals surface area contributed by atoms with Crippen molar-refractivity contribution >= 4 is 23.6 Å². The van der Waals surface area contributed by atoms with Gasteiger partial charge in [-0.15, -0.1) is 0 Å². The summed E-state index contributed by atoms with van der Waals surface area (Å²) in [7, 11) is 1.49. The highest BCUT2D eigenvalue weighted by Crippen LogP contribution is 2.28. The lowest BCUT2D eigenvalue weighted by Gasteiger charge is -2.08. The van der Waals surface area contributed by atoms with Crippen molar-refractivity contribution in [3.63, 3.8) is 0 Å². The molecular formula is C26H22N2O5. The third-order valence-corrected chi connectivity index (χ3v) is 4.52. The molecule has 0 fully saturated rings. The Bertz CT molecular complexity index is 1170. The Hall–Kier alpha value is -4.57. The summed E-state index contributed by atoms with van der Waals surface area (Å²) in [6.07, 6.45) is 2.90. The van der Waals surface area contributed by atoms with Crippen LogP contribution in [0, 0.1) is 11.3 Å². The molecule has 33 heavy (non-hydrogen) atoms. The molecule has 1 N–H and O–H groups in total. The first-order chi connectivity index (χ1) is 16.1. The molecule has 3 aromatic rings. The van der Waals surface area contributed by atoms with Crippen molar-refractivity contribution in [2.24, 2.45) is 0 Å². The molecule has 7 heteroatoms. The number of benzene rings is 3. The number of ether oxygens (including phenoxy) is 3. The van der Waals surface area contributed by atoms with Crippen molar-refractivity contribution in [1.82, 2.24) is 0 Å². The monoisotopic (exact) mass is 442 g/mol. The largest absolute Gasteiger partial charge is 0.493 e. The number of hydrogen-bond donors (Lipinski definition) is 1. The summed E-state index contributed by atoms with van der Waals surface area (Å²) >= 11 is 0. The van der Waals surface area contributed by atoms with Crippen LogP contribution in [0.1, 0.15) is 21.5 Å². The van der Waals surface area contributed by atoms with Crippen molar-refractivity contribution in [1.29, 1.82) is 5.26 Å². The molecule has 0 aliphatic carbocycles. The number of nitrogens with one attached hydrogen (secondary N) is 1. The predicted molar refractivity (Wildman–Crippen MR) is 124 cm³/mol.